The zero-order valence-corrected chi connectivity index (χ0v) is 10.1. The fourth-order valence-corrected chi connectivity index (χ4v) is 1.31. The second-order valence-corrected chi connectivity index (χ2v) is 3.31. The van der Waals surface area contributed by atoms with Gasteiger partial charge in [0.15, 0.2) is 17.5 Å². The molecule has 0 aliphatic heterocycles. The maximum absolute atomic E-state index is 13.3. The van der Waals surface area contributed by atoms with Crippen molar-refractivity contribution in [2.24, 2.45) is 5.73 Å². The fraction of sp³-hybridized carbons (Fsp3) is 0.300. The molecule has 1 aromatic carbocycles. The third-order valence-electron chi connectivity index (χ3n) is 2.16. The van der Waals surface area contributed by atoms with Crippen LogP contribution in [-0.2, 0) is 9.53 Å². The number of phenolic OH excluding ortho intramolecular Hbond substituents is 1. The summed E-state index contributed by atoms with van der Waals surface area (Å²) in [4.78, 5) is 10.9. The largest absolute Gasteiger partial charge is 0.507 e. The molecular weight excluding hydrogens is 275 g/mol. The van der Waals surface area contributed by atoms with Crippen molar-refractivity contribution >= 4 is 18.4 Å². The number of phenols is 1. The molecular formula is C10H11ClF3NO3. The monoisotopic (exact) mass is 285 g/mol. The molecule has 3 N–H and O–H groups in total. The Morgan fingerprint density at radius 1 is 1.44 bits per heavy atom. The Morgan fingerprint density at radius 2 is 2.00 bits per heavy atom. The Hall–Kier alpha value is -1.47. The minimum atomic E-state index is -1.75. The number of hydrogen-bond acceptors (Lipinski definition) is 4. The first-order valence-electron chi connectivity index (χ1n) is 4.57. The second-order valence-electron chi connectivity index (χ2n) is 3.31. The molecule has 0 saturated heterocycles. The lowest BCUT2D eigenvalue weighted by Crippen LogP contribution is -2.18. The van der Waals surface area contributed by atoms with Gasteiger partial charge in [0.2, 0.25) is 0 Å². The second kappa shape index (κ2) is 6.46. The number of nitrogens with two attached hydrogens (primary N) is 1. The summed E-state index contributed by atoms with van der Waals surface area (Å²) in [7, 11) is 1.09. The van der Waals surface area contributed by atoms with Crippen molar-refractivity contribution in [1.82, 2.24) is 0 Å². The van der Waals surface area contributed by atoms with Gasteiger partial charge in [-0.1, -0.05) is 0 Å². The Kier molecular flexibility index (Phi) is 5.93. The average molecular weight is 286 g/mol. The van der Waals surface area contributed by atoms with E-state index in [2.05, 4.69) is 4.74 Å². The van der Waals surface area contributed by atoms with Gasteiger partial charge in [-0.2, -0.15) is 0 Å². The van der Waals surface area contributed by atoms with Crippen LogP contribution in [0.25, 0.3) is 0 Å². The molecule has 0 spiro atoms. The Labute approximate surface area is 107 Å². The van der Waals surface area contributed by atoms with Crippen LogP contribution in [0.2, 0.25) is 0 Å². The molecule has 0 bridgehead atoms. The number of ether oxygens (including phenoxy) is 1. The number of rotatable bonds is 3. The van der Waals surface area contributed by atoms with E-state index in [0.29, 0.717) is 6.07 Å². The number of carbonyl (C=O) groups excluding carboxylic acids is 1. The standard InChI is InChI=1S/C10H10F3NO3.ClH/c1-17-7(16)3-5(14)8-6(15)2-4(11)9(12)10(8)13;/h2,5,15H,3,14H2,1H3;1H/t5-;/m0./s1. The number of benzene rings is 1. The minimum absolute atomic E-state index is 0. The van der Waals surface area contributed by atoms with Crippen LogP contribution < -0.4 is 5.73 Å². The molecule has 0 aliphatic carbocycles. The molecule has 0 aromatic heterocycles. The van der Waals surface area contributed by atoms with E-state index in [9.17, 15) is 23.1 Å². The van der Waals surface area contributed by atoms with Crippen LogP contribution in [0.5, 0.6) is 5.75 Å². The SMILES string of the molecule is COC(=O)C[C@H](N)c1c(O)cc(F)c(F)c1F.Cl. The van der Waals surface area contributed by atoms with Crippen LogP contribution >= 0.6 is 12.4 Å². The van der Waals surface area contributed by atoms with E-state index < -0.39 is 47.2 Å². The topological polar surface area (TPSA) is 72.5 Å². The molecule has 0 fully saturated rings. The summed E-state index contributed by atoms with van der Waals surface area (Å²) in [5.74, 6) is -6.51. The summed E-state index contributed by atoms with van der Waals surface area (Å²) >= 11 is 0. The zero-order valence-electron chi connectivity index (χ0n) is 9.25. The van der Waals surface area contributed by atoms with Gasteiger partial charge in [-0.25, -0.2) is 13.2 Å². The lowest BCUT2D eigenvalue weighted by molar-refractivity contribution is -0.141. The van der Waals surface area contributed by atoms with Crippen LogP contribution in [0, 0.1) is 17.5 Å². The highest BCUT2D eigenvalue weighted by molar-refractivity contribution is 5.85. The molecule has 1 atom stereocenters. The van der Waals surface area contributed by atoms with E-state index in [-0.39, 0.29) is 12.4 Å². The van der Waals surface area contributed by atoms with Crippen LogP contribution in [0.1, 0.15) is 18.0 Å². The third kappa shape index (κ3) is 3.27. The molecule has 102 valence electrons. The molecule has 18 heavy (non-hydrogen) atoms. The predicted octanol–water partition coefficient (Wildman–Crippen LogP) is 1.79. The lowest BCUT2D eigenvalue weighted by Gasteiger charge is -2.14. The maximum atomic E-state index is 13.3. The number of aromatic hydroxyl groups is 1. The van der Waals surface area contributed by atoms with E-state index in [1.54, 1.807) is 0 Å². The Morgan fingerprint density at radius 3 is 2.50 bits per heavy atom. The van der Waals surface area contributed by atoms with Gasteiger partial charge in [0, 0.05) is 12.1 Å². The Bertz CT molecular complexity index is 456. The van der Waals surface area contributed by atoms with Crippen molar-refractivity contribution in [3.8, 4) is 5.75 Å². The average Bonchev–Trinajstić information content (AvgIpc) is 2.25. The summed E-state index contributed by atoms with van der Waals surface area (Å²) < 4.78 is 43.2. The maximum Gasteiger partial charge on any atom is 0.307 e. The third-order valence-corrected chi connectivity index (χ3v) is 2.16. The van der Waals surface area contributed by atoms with Crippen molar-refractivity contribution < 1.29 is 27.8 Å². The number of halogens is 4. The van der Waals surface area contributed by atoms with Gasteiger partial charge in [-0.15, -0.1) is 12.4 Å². The quantitative estimate of drug-likeness (QED) is 0.656. The molecule has 1 aromatic rings. The van der Waals surface area contributed by atoms with Crippen LogP contribution in [-0.4, -0.2) is 18.2 Å². The zero-order chi connectivity index (χ0) is 13.2. The summed E-state index contributed by atoms with van der Waals surface area (Å²) in [5.41, 5.74) is 4.74. The first kappa shape index (κ1) is 16.5. The molecule has 0 unspecified atom stereocenters. The van der Waals surface area contributed by atoms with Gasteiger partial charge >= 0.3 is 5.97 Å². The summed E-state index contributed by atoms with van der Waals surface area (Å²) in [5, 5.41) is 9.27. The highest BCUT2D eigenvalue weighted by Gasteiger charge is 2.24. The molecule has 0 aliphatic rings. The van der Waals surface area contributed by atoms with Crippen molar-refractivity contribution in [2.45, 2.75) is 12.5 Å². The van der Waals surface area contributed by atoms with Crippen LogP contribution in [0.4, 0.5) is 13.2 Å². The molecule has 1 rings (SSSR count). The molecule has 0 saturated carbocycles. The summed E-state index contributed by atoms with van der Waals surface area (Å²) in [6.07, 6.45) is -0.466. The molecule has 0 amide bonds. The van der Waals surface area contributed by atoms with Gasteiger partial charge in [0.25, 0.3) is 0 Å². The number of carbonyl (C=O) groups is 1. The van der Waals surface area contributed by atoms with Crippen LogP contribution in [0.15, 0.2) is 6.07 Å². The van der Waals surface area contributed by atoms with Gasteiger partial charge < -0.3 is 15.6 Å². The number of esters is 1. The molecule has 4 nitrogen and oxygen atoms in total. The van der Waals surface area contributed by atoms with Gasteiger partial charge in [0.1, 0.15) is 5.75 Å². The minimum Gasteiger partial charge on any atom is -0.507 e. The smallest absolute Gasteiger partial charge is 0.307 e. The molecule has 8 heteroatoms. The van der Waals surface area contributed by atoms with Gasteiger partial charge in [0.05, 0.1) is 19.1 Å². The molecule has 0 heterocycles. The highest BCUT2D eigenvalue weighted by Crippen LogP contribution is 2.30. The van der Waals surface area contributed by atoms with Crippen molar-refractivity contribution in [2.75, 3.05) is 7.11 Å². The highest BCUT2D eigenvalue weighted by atomic mass is 35.5. The molecule has 0 radical (unpaired) electrons. The van der Waals surface area contributed by atoms with Crippen molar-refractivity contribution in [1.29, 1.82) is 0 Å². The number of methoxy groups -OCH3 is 1. The van der Waals surface area contributed by atoms with Crippen molar-refractivity contribution in [3.63, 3.8) is 0 Å². The van der Waals surface area contributed by atoms with E-state index >= 15 is 0 Å². The van der Waals surface area contributed by atoms with Crippen LogP contribution in [0.3, 0.4) is 0 Å². The van der Waals surface area contributed by atoms with Gasteiger partial charge in [-0.3, -0.25) is 4.79 Å². The van der Waals surface area contributed by atoms with E-state index in [1.165, 1.54) is 0 Å². The Balaban J connectivity index is 0.00000289. The predicted molar refractivity (Wildman–Crippen MR) is 58.8 cm³/mol. The van der Waals surface area contributed by atoms with Gasteiger partial charge in [-0.05, 0) is 0 Å². The first-order valence-corrected chi connectivity index (χ1v) is 4.57. The van der Waals surface area contributed by atoms with Crippen molar-refractivity contribution in [3.05, 3.63) is 29.1 Å². The lowest BCUT2D eigenvalue weighted by atomic mass is 10.0. The normalized spacial score (nSPS) is 11.6. The first-order chi connectivity index (χ1) is 7.88. The van der Waals surface area contributed by atoms with E-state index in [0.717, 1.165) is 7.11 Å². The fourth-order valence-electron chi connectivity index (χ4n) is 1.31. The summed E-state index contributed by atoms with van der Waals surface area (Å²) in [6.45, 7) is 0. The summed E-state index contributed by atoms with van der Waals surface area (Å²) in [6, 6.07) is -0.928. The van der Waals surface area contributed by atoms with E-state index in [1.807, 2.05) is 0 Å². The van der Waals surface area contributed by atoms with E-state index in [4.69, 9.17) is 5.73 Å². The number of hydrogen-bond donors (Lipinski definition) is 2.